The first kappa shape index (κ1) is 17.5. The molecule has 0 atom stereocenters. The molecule has 0 unspecified atom stereocenters. The predicted octanol–water partition coefficient (Wildman–Crippen LogP) is 1.02. The van der Waals surface area contributed by atoms with Crippen LogP contribution in [0.2, 0.25) is 0 Å². The maximum atomic E-state index is 5.63. The summed E-state index contributed by atoms with van der Waals surface area (Å²) in [6, 6.07) is 10.9. The van der Waals surface area contributed by atoms with Gasteiger partial charge in [-0.2, -0.15) is 0 Å². The molecule has 1 heterocycles. The van der Waals surface area contributed by atoms with Gasteiger partial charge in [-0.3, -0.25) is 0 Å². The largest absolute Gasteiger partial charge is 1.00 e. The van der Waals surface area contributed by atoms with Gasteiger partial charge >= 0.3 is 0 Å². The Kier molecular flexibility index (Phi) is 5.80. The van der Waals surface area contributed by atoms with Crippen LogP contribution in [0.1, 0.15) is 35.1 Å². The zero-order valence-corrected chi connectivity index (χ0v) is 15.4. The molecule has 0 spiro atoms. The van der Waals surface area contributed by atoms with E-state index in [1.165, 1.54) is 33.4 Å². The lowest BCUT2D eigenvalue weighted by molar-refractivity contribution is -0.689. The van der Waals surface area contributed by atoms with Gasteiger partial charge in [-0.05, 0) is 55.0 Å². The molecule has 23 heavy (non-hydrogen) atoms. The van der Waals surface area contributed by atoms with Crippen LogP contribution in [0, 0.1) is 26.2 Å². The molecule has 1 aromatic heterocycles. The molecule has 0 amide bonds. The Labute approximate surface area is 149 Å². The van der Waals surface area contributed by atoms with E-state index in [-0.39, 0.29) is 17.0 Å². The zero-order valence-electron chi connectivity index (χ0n) is 13.8. The fraction of sp³-hybridized carbons (Fsp3) is 0.286. The SMILES string of the molecule is C#CCC1=C(C[n+]2cc(C)cc(C)c2)CCc2ccccc21.[Br-]. The van der Waals surface area contributed by atoms with Crippen molar-refractivity contribution in [3.8, 4) is 12.3 Å². The standard InChI is InChI=1S/C21H22N.BrH/c1-4-7-20-19(11-10-18-8-5-6-9-21(18)20)15-22-13-16(2)12-17(3)14-22;/h1,5-6,8-9,12-14H,7,10-11,15H2,2-3H3;1H/q+1;/p-1. The molecular formula is C21H22BrN. The summed E-state index contributed by atoms with van der Waals surface area (Å²) >= 11 is 0. The summed E-state index contributed by atoms with van der Waals surface area (Å²) in [6.45, 7) is 5.24. The molecule has 1 aliphatic carbocycles. The van der Waals surface area contributed by atoms with E-state index in [0.717, 1.165) is 25.8 Å². The Morgan fingerprint density at radius 1 is 1.09 bits per heavy atom. The lowest BCUT2D eigenvalue weighted by Crippen LogP contribution is -3.00. The lowest BCUT2D eigenvalue weighted by Gasteiger charge is -2.21. The van der Waals surface area contributed by atoms with Crippen molar-refractivity contribution in [3.05, 3.63) is 70.6 Å². The van der Waals surface area contributed by atoms with Crippen molar-refractivity contribution in [3.63, 3.8) is 0 Å². The van der Waals surface area contributed by atoms with Crippen LogP contribution in [-0.2, 0) is 13.0 Å². The highest BCUT2D eigenvalue weighted by atomic mass is 79.9. The number of terminal acetylenes is 1. The van der Waals surface area contributed by atoms with Crippen molar-refractivity contribution < 1.29 is 21.5 Å². The quantitative estimate of drug-likeness (QED) is 0.563. The van der Waals surface area contributed by atoms with E-state index in [4.69, 9.17) is 6.42 Å². The summed E-state index contributed by atoms with van der Waals surface area (Å²) in [4.78, 5) is 0. The van der Waals surface area contributed by atoms with Gasteiger partial charge in [0.2, 0.25) is 0 Å². The average Bonchev–Trinajstić information content (AvgIpc) is 2.49. The van der Waals surface area contributed by atoms with Crippen LogP contribution in [0.3, 0.4) is 0 Å². The molecule has 0 fully saturated rings. The molecule has 2 heteroatoms. The fourth-order valence-electron chi connectivity index (χ4n) is 3.46. The number of hydrogen-bond acceptors (Lipinski definition) is 0. The van der Waals surface area contributed by atoms with Gasteiger partial charge in [0.1, 0.15) is 0 Å². The number of aryl methyl sites for hydroxylation is 3. The highest BCUT2D eigenvalue weighted by molar-refractivity contribution is 5.74. The minimum atomic E-state index is 0. The van der Waals surface area contributed by atoms with E-state index in [2.05, 4.69) is 67.1 Å². The van der Waals surface area contributed by atoms with Gasteiger partial charge < -0.3 is 17.0 Å². The van der Waals surface area contributed by atoms with Crippen LogP contribution >= 0.6 is 0 Å². The lowest BCUT2D eigenvalue weighted by atomic mass is 9.84. The van der Waals surface area contributed by atoms with Gasteiger partial charge in [0.25, 0.3) is 0 Å². The molecule has 1 aliphatic rings. The molecule has 2 aromatic rings. The van der Waals surface area contributed by atoms with Crippen LogP contribution < -0.4 is 21.5 Å². The van der Waals surface area contributed by atoms with E-state index in [9.17, 15) is 0 Å². The molecule has 3 rings (SSSR count). The van der Waals surface area contributed by atoms with Crippen molar-refractivity contribution in [2.24, 2.45) is 0 Å². The highest BCUT2D eigenvalue weighted by Gasteiger charge is 2.20. The summed E-state index contributed by atoms with van der Waals surface area (Å²) in [5, 5.41) is 0. The monoisotopic (exact) mass is 367 g/mol. The van der Waals surface area contributed by atoms with Gasteiger partial charge in [0.05, 0.1) is 0 Å². The zero-order chi connectivity index (χ0) is 15.5. The van der Waals surface area contributed by atoms with Crippen molar-refractivity contribution in [1.82, 2.24) is 0 Å². The number of halogens is 1. The first-order chi connectivity index (χ1) is 10.7. The molecule has 0 saturated carbocycles. The third-order valence-electron chi connectivity index (χ3n) is 4.31. The summed E-state index contributed by atoms with van der Waals surface area (Å²) < 4.78 is 2.30. The first-order valence-electron chi connectivity index (χ1n) is 7.87. The molecule has 0 bridgehead atoms. The Morgan fingerprint density at radius 3 is 2.48 bits per heavy atom. The second kappa shape index (κ2) is 7.62. The van der Waals surface area contributed by atoms with Gasteiger partial charge in [-0.25, -0.2) is 4.57 Å². The van der Waals surface area contributed by atoms with Gasteiger partial charge in [-0.1, -0.05) is 24.3 Å². The van der Waals surface area contributed by atoms with Crippen LogP contribution in [0.5, 0.6) is 0 Å². The Hall–Kier alpha value is -1.85. The molecule has 0 aliphatic heterocycles. The van der Waals surface area contributed by atoms with E-state index < -0.39 is 0 Å². The molecule has 0 N–H and O–H groups in total. The summed E-state index contributed by atoms with van der Waals surface area (Å²) in [5.41, 5.74) is 8.22. The summed E-state index contributed by atoms with van der Waals surface area (Å²) in [5.74, 6) is 2.85. The third kappa shape index (κ3) is 3.92. The average molecular weight is 368 g/mol. The fourth-order valence-corrected chi connectivity index (χ4v) is 3.46. The number of rotatable bonds is 3. The molecule has 1 aromatic carbocycles. The second-order valence-corrected chi connectivity index (χ2v) is 6.18. The number of aromatic nitrogens is 1. The smallest absolute Gasteiger partial charge is 0.172 e. The van der Waals surface area contributed by atoms with Crippen molar-refractivity contribution in [1.29, 1.82) is 0 Å². The Balaban J connectivity index is 0.00000192. The van der Waals surface area contributed by atoms with Crippen molar-refractivity contribution in [2.75, 3.05) is 0 Å². The van der Waals surface area contributed by atoms with E-state index >= 15 is 0 Å². The molecule has 0 radical (unpaired) electrons. The number of pyridine rings is 1. The van der Waals surface area contributed by atoms with Crippen LogP contribution in [0.25, 0.3) is 5.57 Å². The van der Waals surface area contributed by atoms with E-state index in [1.54, 1.807) is 0 Å². The van der Waals surface area contributed by atoms with E-state index in [0.29, 0.717) is 0 Å². The van der Waals surface area contributed by atoms with Crippen molar-refractivity contribution in [2.45, 2.75) is 39.7 Å². The normalized spacial score (nSPS) is 13.1. The van der Waals surface area contributed by atoms with Crippen LogP contribution in [-0.4, -0.2) is 0 Å². The van der Waals surface area contributed by atoms with Gasteiger partial charge in [0.15, 0.2) is 18.9 Å². The minimum absolute atomic E-state index is 0. The number of fused-ring (bicyclic) bond motifs is 1. The number of hydrogen-bond donors (Lipinski definition) is 0. The third-order valence-corrected chi connectivity index (χ3v) is 4.31. The highest BCUT2D eigenvalue weighted by Crippen LogP contribution is 2.33. The molecule has 1 nitrogen and oxygen atoms in total. The first-order valence-corrected chi connectivity index (χ1v) is 7.87. The number of nitrogens with zero attached hydrogens (tertiary/aromatic N) is 1. The minimum Gasteiger partial charge on any atom is -1.00 e. The molecule has 118 valence electrons. The molecule has 0 saturated heterocycles. The van der Waals surface area contributed by atoms with Crippen molar-refractivity contribution >= 4 is 5.57 Å². The van der Waals surface area contributed by atoms with Gasteiger partial charge in [0, 0.05) is 17.5 Å². The van der Waals surface area contributed by atoms with Gasteiger partial charge in [-0.15, -0.1) is 12.3 Å². The summed E-state index contributed by atoms with van der Waals surface area (Å²) in [7, 11) is 0. The topological polar surface area (TPSA) is 3.88 Å². The van der Waals surface area contributed by atoms with Crippen LogP contribution in [0.15, 0.2) is 48.3 Å². The molecular weight excluding hydrogens is 346 g/mol. The number of allylic oxidation sites excluding steroid dienone is 2. The Bertz CT molecular complexity index is 760. The van der Waals surface area contributed by atoms with E-state index in [1.807, 2.05) is 0 Å². The Morgan fingerprint density at radius 2 is 1.78 bits per heavy atom. The predicted molar refractivity (Wildman–Crippen MR) is 91.2 cm³/mol. The maximum Gasteiger partial charge on any atom is 0.172 e. The number of benzene rings is 1. The summed E-state index contributed by atoms with van der Waals surface area (Å²) in [6.07, 6.45) is 13.0. The van der Waals surface area contributed by atoms with Crippen LogP contribution in [0.4, 0.5) is 0 Å². The maximum absolute atomic E-state index is 5.63. The second-order valence-electron chi connectivity index (χ2n) is 6.18.